The van der Waals surface area contributed by atoms with E-state index >= 15 is 0 Å². The highest BCUT2D eigenvalue weighted by atomic mass is 16.2. The van der Waals surface area contributed by atoms with Crippen LogP contribution in [0, 0.1) is 0 Å². The van der Waals surface area contributed by atoms with Gasteiger partial charge in [-0.05, 0) is 32.1 Å². The van der Waals surface area contributed by atoms with Crippen LogP contribution in [0.5, 0.6) is 0 Å². The number of nitrogens with zero attached hydrogens (tertiary/aromatic N) is 1. The second kappa shape index (κ2) is 9.13. The third kappa shape index (κ3) is 5.95. The molecule has 5 heteroatoms. The Morgan fingerprint density at radius 2 is 1.76 bits per heavy atom. The van der Waals surface area contributed by atoms with Crippen molar-refractivity contribution in [3.05, 3.63) is 35.9 Å². The summed E-state index contributed by atoms with van der Waals surface area (Å²) in [6.45, 7) is 9.21. The van der Waals surface area contributed by atoms with Gasteiger partial charge in [0.25, 0.3) is 5.91 Å². The minimum atomic E-state index is -0.547. The summed E-state index contributed by atoms with van der Waals surface area (Å²) in [7, 11) is 0. The molecule has 0 aromatic heterocycles. The van der Waals surface area contributed by atoms with Gasteiger partial charge in [0.1, 0.15) is 6.04 Å². The molecule has 1 unspecified atom stereocenters. The van der Waals surface area contributed by atoms with Gasteiger partial charge >= 0.3 is 0 Å². The van der Waals surface area contributed by atoms with Gasteiger partial charge in [-0.1, -0.05) is 32.0 Å². The number of hydrogen-bond acceptors (Lipinski definition) is 3. The minimum Gasteiger partial charge on any atom is -0.353 e. The number of likely N-dealkylation sites (N-methyl/N-ethyl adjacent to an activating group) is 1. The molecule has 0 aliphatic rings. The Morgan fingerprint density at radius 3 is 2.33 bits per heavy atom. The Balaban J connectivity index is 2.36. The van der Waals surface area contributed by atoms with Crippen molar-refractivity contribution >= 4 is 11.8 Å². The maximum atomic E-state index is 11.9. The number of carbonyl (C=O) groups excluding carboxylic acids is 2. The van der Waals surface area contributed by atoms with Crippen molar-refractivity contribution < 1.29 is 9.59 Å². The first kappa shape index (κ1) is 17.2. The van der Waals surface area contributed by atoms with E-state index in [0.717, 1.165) is 19.6 Å². The van der Waals surface area contributed by atoms with Gasteiger partial charge in [0.15, 0.2) is 0 Å². The van der Waals surface area contributed by atoms with Crippen LogP contribution in [-0.2, 0) is 4.79 Å². The molecule has 0 aliphatic carbocycles. The quantitative estimate of drug-likeness (QED) is 0.758. The summed E-state index contributed by atoms with van der Waals surface area (Å²) in [6, 6.07) is 8.34. The van der Waals surface area contributed by atoms with Gasteiger partial charge in [0.2, 0.25) is 5.91 Å². The number of amides is 2. The van der Waals surface area contributed by atoms with E-state index in [-0.39, 0.29) is 11.8 Å². The average molecular weight is 291 g/mol. The fourth-order valence-corrected chi connectivity index (χ4v) is 1.97. The standard InChI is InChI=1S/C16H25N3O2/c1-4-19(5-2)12-11-17-15(20)13(3)18-16(21)14-9-7-6-8-10-14/h6-10,13H,4-5,11-12H2,1-3H3,(H,17,20)(H,18,21). The zero-order valence-electron chi connectivity index (χ0n) is 13.1. The monoisotopic (exact) mass is 291 g/mol. The second-order valence-corrected chi connectivity index (χ2v) is 4.88. The van der Waals surface area contributed by atoms with Crippen LogP contribution in [0.15, 0.2) is 30.3 Å². The van der Waals surface area contributed by atoms with E-state index in [9.17, 15) is 9.59 Å². The van der Waals surface area contributed by atoms with Crippen molar-refractivity contribution in [2.45, 2.75) is 26.8 Å². The molecule has 0 fully saturated rings. The van der Waals surface area contributed by atoms with Crippen molar-refractivity contribution in [1.29, 1.82) is 0 Å². The summed E-state index contributed by atoms with van der Waals surface area (Å²) >= 11 is 0. The summed E-state index contributed by atoms with van der Waals surface area (Å²) in [4.78, 5) is 26.1. The molecule has 0 saturated heterocycles. The van der Waals surface area contributed by atoms with E-state index < -0.39 is 6.04 Å². The molecule has 1 aromatic rings. The molecule has 0 heterocycles. The predicted octanol–water partition coefficient (Wildman–Crippen LogP) is 1.26. The van der Waals surface area contributed by atoms with E-state index in [1.807, 2.05) is 6.07 Å². The second-order valence-electron chi connectivity index (χ2n) is 4.88. The molecule has 2 N–H and O–H groups in total. The van der Waals surface area contributed by atoms with E-state index in [1.165, 1.54) is 0 Å². The molecular weight excluding hydrogens is 266 g/mol. The van der Waals surface area contributed by atoms with Crippen molar-refractivity contribution in [2.75, 3.05) is 26.2 Å². The Hall–Kier alpha value is -1.88. The molecular formula is C16H25N3O2. The van der Waals surface area contributed by atoms with Crippen molar-refractivity contribution in [3.63, 3.8) is 0 Å². The highest BCUT2D eigenvalue weighted by Crippen LogP contribution is 1.98. The number of carbonyl (C=O) groups is 2. The summed E-state index contributed by atoms with van der Waals surface area (Å²) < 4.78 is 0. The summed E-state index contributed by atoms with van der Waals surface area (Å²) in [5.41, 5.74) is 0.556. The fourth-order valence-electron chi connectivity index (χ4n) is 1.97. The van der Waals surface area contributed by atoms with Crippen LogP contribution in [0.25, 0.3) is 0 Å². The molecule has 0 bridgehead atoms. The van der Waals surface area contributed by atoms with Gasteiger partial charge < -0.3 is 15.5 Å². The third-order valence-corrected chi connectivity index (χ3v) is 3.40. The van der Waals surface area contributed by atoms with E-state index in [4.69, 9.17) is 0 Å². The molecule has 1 aromatic carbocycles. The van der Waals surface area contributed by atoms with Gasteiger partial charge in [-0.3, -0.25) is 9.59 Å². The molecule has 5 nitrogen and oxygen atoms in total. The lowest BCUT2D eigenvalue weighted by molar-refractivity contribution is -0.122. The van der Waals surface area contributed by atoms with Gasteiger partial charge in [-0.2, -0.15) is 0 Å². The highest BCUT2D eigenvalue weighted by molar-refractivity contribution is 5.97. The molecule has 0 saturated carbocycles. The average Bonchev–Trinajstić information content (AvgIpc) is 2.52. The lowest BCUT2D eigenvalue weighted by Gasteiger charge is -2.19. The van der Waals surface area contributed by atoms with Crippen LogP contribution in [0.4, 0.5) is 0 Å². The fraction of sp³-hybridized carbons (Fsp3) is 0.500. The van der Waals surface area contributed by atoms with Gasteiger partial charge in [-0.25, -0.2) is 0 Å². The van der Waals surface area contributed by atoms with Gasteiger partial charge in [0.05, 0.1) is 0 Å². The third-order valence-electron chi connectivity index (χ3n) is 3.40. The molecule has 21 heavy (non-hydrogen) atoms. The lowest BCUT2D eigenvalue weighted by atomic mass is 10.2. The summed E-state index contributed by atoms with van der Waals surface area (Å²) in [5, 5.41) is 5.54. The van der Waals surface area contributed by atoms with E-state index in [2.05, 4.69) is 29.4 Å². The SMILES string of the molecule is CCN(CC)CCNC(=O)C(C)NC(=O)c1ccccc1. The van der Waals surface area contributed by atoms with E-state index in [0.29, 0.717) is 12.1 Å². The Kier molecular flexibility index (Phi) is 7.46. The smallest absolute Gasteiger partial charge is 0.251 e. The highest BCUT2D eigenvalue weighted by Gasteiger charge is 2.16. The Morgan fingerprint density at radius 1 is 1.14 bits per heavy atom. The first-order valence-corrected chi connectivity index (χ1v) is 7.44. The zero-order valence-corrected chi connectivity index (χ0v) is 13.1. The largest absolute Gasteiger partial charge is 0.353 e. The zero-order chi connectivity index (χ0) is 15.7. The van der Waals surface area contributed by atoms with Crippen LogP contribution in [0.1, 0.15) is 31.1 Å². The minimum absolute atomic E-state index is 0.161. The maximum Gasteiger partial charge on any atom is 0.251 e. The van der Waals surface area contributed by atoms with Gasteiger partial charge in [-0.15, -0.1) is 0 Å². The number of benzene rings is 1. The normalized spacial score (nSPS) is 12.0. The molecule has 116 valence electrons. The molecule has 1 rings (SSSR count). The number of nitrogens with one attached hydrogen (secondary N) is 2. The van der Waals surface area contributed by atoms with Crippen molar-refractivity contribution in [2.24, 2.45) is 0 Å². The van der Waals surface area contributed by atoms with E-state index in [1.54, 1.807) is 31.2 Å². The van der Waals surface area contributed by atoms with Gasteiger partial charge in [0, 0.05) is 18.7 Å². The molecule has 0 radical (unpaired) electrons. The number of rotatable bonds is 8. The Labute approximate surface area is 126 Å². The van der Waals surface area contributed by atoms with Crippen LogP contribution in [0.2, 0.25) is 0 Å². The Bertz CT molecular complexity index is 444. The number of hydrogen-bond donors (Lipinski definition) is 2. The molecule has 1 atom stereocenters. The predicted molar refractivity (Wildman–Crippen MR) is 84.2 cm³/mol. The van der Waals surface area contributed by atoms with Crippen molar-refractivity contribution in [3.8, 4) is 0 Å². The van der Waals surface area contributed by atoms with Crippen LogP contribution in [-0.4, -0.2) is 48.9 Å². The van der Waals surface area contributed by atoms with Crippen LogP contribution in [0.3, 0.4) is 0 Å². The summed E-state index contributed by atoms with van der Waals surface area (Å²) in [6.07, 6.45) is 0. The van der Waals surface area contributed by atoms with Crippen molar-refractivity contribution in [1.82, 2.24) is 15.5 Å². The van der Waals surface area contributed by atoms with Crippen LogP contribution >= 0.6 is 0 Å². The molecule has 0 aliphatic heterocycles. The topological polar surface area (TPSA) is 61.4 Å². The lowest BCUT2D eigenvalue weighted by Crippen LogP contribution is -2.46. The van der Waals surface area contributed by atoms with Crippen LogP contribution < -0.4 is 10.6 Å². The summed E-state index contributed by atoms with van der Waals surface area (Å²) in [5.74, 6) is -0.395. The first-order valence-electron chi connectivity index (χ1n) is 7.44. The molecule has 0 spiro atoms. The molecule has 2 amide bonds. The first-order chi connectivity index (χ1) is 10.1. The maximum absolute atomic E-state index is 11.9.